The molecule has 2 N–H and O–H groups in total. The van der Waals surface area contributed by atoms with Gasteiger partial charge in [0.2, 0.25) is 5.91 Å². The second-order valence-electron chi connectivity index (χ2n) is 5.48. The molecule has 8 heteroatoms. The molecule has 0 bridgehead atoms. The Bertz CT molecular complexity index is 650. The smallest absolute Gasteiger partial charge is 0.241 e. The van der Waals surface area contributed by atoms with Crippen molar-refractivity contribution in [3.05, 3.63) is 35.4 Å². The van der Waals surface area contributed by atoms with Crippen molar-refractivity contribution in [2.75, 3.05) is 19.3 Å². The van der Waals surface area contributed by atoms with E-state index >= 15 is 0 Å². The molecular weight excluding hydrogens is 314 g/mol. The first-order chi connectivity index (χ1) is 10.2. The maximum absolute atomic E-state index is 13.1. The van der Waals surface area contributed by atoms with Crippen molar-refractivity contribution in [3.8, 4) is 0 Å². The van der Waals surface area contributed by atoms with Crippen LogP contribution in [0.4, 0.5) is 8.78 Å². The summed E-state index contributed by atoms with van der Waals surface area (Å²) in [6, 6.07) is 2.92. The Kier molecular flexibility index (Phi) is 4.81. The Hall–Kier alpha value is -1.54. The molecule has 1 aromatic rings. The number of piperidine rings is 1. The molecule has 0 aliphatic carbocycles. The van der Waals surface area contributed by atoms with Crippen LogP contribution in [-0.2, 0) is 21.2 Å². The molecule has 0 radical (unpaired) electrons. The van der Waals surface area contributed by atoms with E-state index in [9.17, 15) is 22.0 Å². The average molecular weight is 332 g/mol. The van der Waals surface area contributed by atoms with Gasteiger partial charge >= 0.3 is 0 Å². The zero-order valence-corrected chi connectivity index (χ0v) is 13.0. The Morgan fingerprint density at radius 2 is 1.77 bits per heavy atom. The molecule has 1 amide bonds. The molecule has 0 spiro atoms. The fraction of sp³-hybridized carbons (Fsp3) is 0.500. The summed E-state index contributed by atoms with van der Waals surface area (Å²) in [5, 5.41) is 5.50. The number of benzene rings is 1. The van der Waals surface area contributed by atoms with Gasteiger partial charge in [-0.1, -0.05) is 0 Å². The van der Waals surface area contributed by atoms with E-state index in [4.69, 9.17) is 0 Å². The summed E-state index contributed by atoms with van der Waals surface area (Å²) in [7, 11) is -3.61. The fourth-order valence-electron chi connectivity index (χ4n) is 2.65. The summed E-state index contributed by atoms with van der Waals surface area (Å²) < 4.78 is 48.9. The summed E-state index contributed by atoms with van der Waals surface area (Å²) >= 11 is 0. The minimum atomic E-state index is -3.61. The van der Waals surface area contributed by atoms with Gasteiger partial charge in [-0.2, -0.15) is 0 Å². The van der Waals surface area contributed by atoms with E-state index in [1.807, 2.05) is 0 Å². The number of hydrogen-bond donors (Lipinski definition) is 2. The molecule has 1 aliphatic heterocycles. The van der Waals surface area contributed by atoms with E-state index in [-0.39, 0.29) is 24.9 Å². The van der Waals surface area contributed by atoms with Crippen LogP contribution in [0.1, 0.15) is 18.4 Å². The Balaban J connectivity index is 2.15. The van der Waals surface area contributed by atoms with Crippen molar-refractivity contribution in [3.63, 3.8) is 0 Å². The van der Waals surface area contributed by atoms with Crippen LogP contribution in [-0.4, -0.2) is 38.4 Å². The van der Waals surface area contributed by atoms with Gasteiger partial charge in [0.05, 0.1) is 0 Å². The van der Waals surface area contributed by atoms with E-state index in [0.29, 0.717) is 13.1 Å². The lowest BCUT2D eigenvalue weighted by molar-refractivity contribution is -0.124. The van der Waals surface area contributed by atoms with E-state index in [0.717, 1.165) is 24.5 Å². The highest BCUT2D eigenvalue weighted by molar-refractivity contribution is 7.92. The van der Waals surface area contributed by atoms with Crippen LogP contribution in [0.3, 0.4) is 0 Å². The van der Waals surface area contributed by atoms with Gasteiger partial charge in [-0.25, -0.2) is 17.2 Å². The number of sulfone groups is 1. The van der Waals surface area contributed by atoms with E-state index in [2.05, 4.69) is 10.6 Å². The van der Waals surface area contributed by atoms with Gasteiger partial charge in [0.25, 0.3) is 0 Å². The molecule has 22 heavy (non-hydrogen) atoms. The van der Waals surface area contributed by atoms with Crippen molar-refractivity contribution >= 4 is 15.7 Å². The third kappa shape index (κ3) is 3.44. The molecule has 1 heterocycles. The SMILES string of the molecule is CS(=O)(=O)C1(C(=O)NCc2cc(F)cc(F)c2)CCNCC1. The molecule has 122 valence electrons. The zero-order chi connectivity index (χ0) is 16.4. The molecule has 1 fully saturated rings. The van der Waals surface area contributed by atoms with E-state index in [1.54, 1.807) is 0 Å². The van der Waals surface area contributed by atoms with Crippen LogP contribution in [0, 0.1) is 11.6 Å². The molecule has 0 aromatic heterocycles. The number of nitrogens with one attached hydrogen (secondary N) is 2. The predicted octanol–water partition coefficient (Wildman–Crippen LogP) is 0.748. The lowest BCUT2D eigenvalue weighted by Crippen LogP contribution is -2.57. The Labute approximate surface area is 128 Å². The molecule has 1 aromatic carbocycles. The first-order valence-electron chi connectivity index (χ1n) is 6.88. The molecule has 2 rings (SSSR count). The lowest BCUT2D eigenvalue weighted by atomic mass is 9.95. The monoisotopic (exact) mass is 332 g/mol. The highest BCUT2D eigenvalue weighted by Gasteiger charge is 2.48. The van der Waals surface area contributed by atoms with E-state index in [1.165, 1.54) is 0 Å². The third-order valence-electron chi connectivity index (χ3n) is 3.91. The second-order valence-corrected chi connectivity index (χ2v) is 7.80. The van der Waals surface area contributed by atoms with Crippen molar-refractivity contribution in [1.29, 1.82) is 0 Å². The maximum atomic E-state index is 13.1. The summed E-state index contributed by atoms with van der Waals surface area (Å²) in [5.41, 5.74) is 0.239. The number of hydrogen-bond acceptors (Lipinski definition) is 4. The molecule has 5 nitrogen and oxygen atoms in total. The minimum Gasteiger partial charge on any atom is -0.351 e. The number of carbonyl (C=O) groups is 1. The van der Waals surface area contributed by atoms with Crippen LogP contribution in [0.5, 0.6) is 0 Å². The summed E-state index contributed by atoms with van der Waals surface area (Å²) in [4.78, 5) is 12.4. The summed E-state index contributed by atoms with van der Waals surface area (Å²) in [6.45, 7) is 0.725. The largest absolute Gasteiger partial charge is 0.351 e. The summed E-state index contributed by atoms with van der Waals surface area (Å²) in [6.07, 6.45) is 1.39. The summed E-state index contributed by atoms with van der Waals surface area (Å²) in [5.74, 6) is -2.12. The van der Waals surface area contributed by atoms with Gasteiger partial charge in [0.15, 0.2) is 14.6 Å². The first kappa shape index (κ1) is 16.8. The quantitative estimate of drug-likeness (QED) is 0.853. The third-order valence-corrected chi connectivity index (χ3v) is 5.92. The Morgan fingerprint density at radius 3 is 2.27 bits per heavy atom. The minimum absolute atomic E-state index is 0.127. The van der Waals surface area contributed by atoms with Crippen molar-refractivity contribution in [2.24, 2.45) is 0 Å². The molecule has 0 unspecified atom stereocenters. The highest BCUT2D eigenvalue weighted by Crippen LogP contribution is 2.28. The Morgan fingerprint density at radius 1 is 1.23 bits per heavy atom. The van der Waals surface area contributed by atoms with Crippen molar-refractivity contribution < 1.29 is 22.0 Å². The molecule has 0 saturated carbocycles. The zero-order valence-electron chi connectivity index (χ0n) is 12.2. The fourth-order valence-corrected chi connectivity index (χ4v) is 4.01. The van der Waals surface area contributed by atoms with Crippen molar-refractivity contribution in [2.45, 2.75) is 24.1 Å². The van der Waals surface area contributed by atoms with Crippen LogP contribution < -0.4 is 10.6 Å². The van der Waals surface area contributed by atoms with Gasteiger partial charge in [-0.05, 0) is 43.6 Å². The van der Waals surface area contributed by atoms with E-state index < -0.39 is 32.1 Å². The molecule has 1 saturated heterocycles. The van der Waals surface area contributed by atoms with Gasteiger partial charge < -0.3 is 10.6 Å². The number of carbonyl (C=O) groups excluding carboxylic acids is 1. The normalized spacial score (nSPS) is 18.0. The van der Waals surface area contributed by atoms with Gasteiger partial charge in [0, 0.05) is 18.9 Å². The van der Waals surface area contributed by atoms with Crippen LogP contribution in [0.2, 0.25) is 0 Å². The number of amides is 1. The van der Waals surface area contributed by atoms with Crippen LogP contribution in [0.15, 0.2) is 18.2 Å². The van der Waals surface area contributed by atoms with Gasteiger partial charge in [0.1, 0.15) is 11.6 Å². The van der Waals surface area contributed by atoms with Crippen LogP contribution >= 0.6 is 0 Å². The standard InChI is InChI=1S/C14H18F2N2O3S/c1-22(20,21)14(2-4-17-5-3-14)13(19)18-9-10-6-11(15)8-12(16)7-10/h6-8,17H,2-5,9H2,1H3,(H,18,19). The first-order valence-corrected chi connectivity index (χ1v) is 8.77. The van der Waals surface area contributed by atoms with Gasteiger partial charge in [-0.15, -0.1) is 0 Å². The lowest BCUT2D eigenvalue weighted by Gasteiger charge is -2.34. The predicted molar refractivity (Wildman–Crippen MR) is 77.9 cm³/mol. The average Bonchev–Trinajstić information content (AvgIpc) is 2.43. The number of rotatable bonds is 4. The topological polar surface area (TPSA) is 75.3 Å². The van der Waals surface area contributed by atoms with Crippen molar-refractivity contribution in [1.82, 2.24) is 10.6 Å². The maximum Gasteiger partial charge on any atom is 0.241 e. The van der Waals surface area contributed by atoms with Gasteiger partial charge in [-0.3, -0.25) is 4.79 Å². The second kappa shape index (κ2) is 6.29. The molecule has 1 aliphatic rings. The molecule has 0 atom stereocenters. The highest BCUT2D eigenvalue weighted by atomic mass is 32.2. The molecular formula is C14H18F2N2O3S. The number of halogens is 2. The van der Waals surface area contributed by atoms with Crippen LogP contribution in [0.25, 0.3) is 0 Å².